The van der Waals surface area contributed by atoms with E-state index in [1.54, 1.807) is 23.5 Å². The zero-order valence-corrected chi connectivity index (χ0v) is 16.7. The number of ether oxygens (including phenoxy) is 2. The molecule has 0 bridgehead atoms. The van der Waals surface area contributed by atoms with Crippen LogP contribution in [-0.2, 0) is 0 Å². The van der Waals surface area contributed by atoms with Crippen LogP contribution in [0, 0.1) is 5.92 Å². The molecule has 0 spiro atoms. The van der Waals surface area contributed by atoms with Crippen molar-refractivity contribution in [3.63, 3.8) is 0 Å². The van der Waals surface area contributed by atoms with Gasteiger partial charge in [0.15, 0.2) is 16.6 Å². The maximum Gasteiger partial charge on any atom is 0.319 e. The van der Waals surface area contributed by atoms with E-state index in [1.807, 2.05) is 12.1 Å². The third-order valence-electron chi connectivity index (χ3n) is 5.35. The summed E-state index contributed by atoms with van der Waals surface area (Å²) >= 11 is 1.75. The summed E-state index contributed by atoms with van der Waals surface area (Å²) in [5.74, 6) is 1.84. The molecule has 0 saturated carbocycles. The van der Waals surface area contributed by atoms with Gasteiger partial charge < -0.3 is 25.0 Å². The Morgan fingerprint density at radius 2 is 1.97 bits per heavy atom. The Bertz CT molecular complexity index is 997. The van der Waals surface area contributed by atoms with Gasteiger partial charge in [0.05, 0.1) is 10.2 Å². The number of nitrogens with zero attached hydrogens (tertiary/aromatic N) is 2. The molecule has 0 unspecified atom stereocenters. The lowest BCUT2D eigenvalue weighted by molar-refractivity contribution is 0.174. The fourth-order valence-electron chi connectivity index (χ4n) is 3.71. The van der Waals surface area contributed by atoms with Crippen LogP contribution >= 0.6 is 11.3 Å². The predicted molar refractivity (Wildman–Crippen MR) is 114 cm³/mol. The summed E-state index contributed by atoms with van der Waals surface area (Å²) in [5, 5.41) is 6.94. The Labute approximate surface area is 172 Å². The lowest BCUT2D eigenvalue weighted by Crippen LogP contribution is -2.39. The maximum absolute atomic E-state index is 12.2. The molecule has 0 radical (unpaired) electrons. The third-order valence-corrected chi connectivity index (χ3v) is 6.45. The highest BCUT2D eigenvalue weighted by Crippen LogP contribution is 2.34. The Balaban J connectivity index is 1.10. The van der Waals surface area contributed by atoms with E-state index in [9.17, 15) is 4.79 Å². The van der Waals surface area contributed by atoms with Crippen LogP contribution in [0.2, 0.25) is 0 Å². The van der Waals surface area contributed by atoms with E-state index in [1.165, 1.54) is 4.70 Å². The summed E-state index contributed by atoms with van der Waals surface area (Å²) < 4.78 is 11.9. The molecule has 2 aliphatic heterocycles. The molecule has 1 fully saturated rings. The zero-order chi connectivity index (χ0) is 19.6. The van der Waals surface area contributed by atoms with Crippen molar-refractivity contribution >= 4 is 38.4 Å². The van der Waals surface area contributed by atoms with E-state index < -0.39 is 0 Å². The Kier molecular flexibility index (Phi) is 4.85. The Hall–Kier alpha value is -3.00. The first kappa shape index (κ1) is 18.1. The smallest absolute Gasteiger partial charge is 0.319 e. The van der Waals surface area contributed by atoms with Crippen LogP contribution in [0.3, 0.4) is 0 Å². The molecule has 3 heterocycles. The van der Waals surface area contributed by atoms with Crippen molar-refractivity contribution in [3.05, 3.63) is 42.5 Å². The number of hydrogen-bond donors (Lipinski definition) is 2. The highest BCUT2D eigenvalue weighted by atomic mass is 32.1. The highest BCUT2D eigenvalue weighted by molar-refractivity contribution is 7.22. The van der Waals surface area contributed by atoms with Crippen molar-refractivity contribution < 1.29 is 14.3 Å². The predicted octanol–water partition coefficient (Wildman–Crippen LogP) is 4.06. The van der Waals surface area contributed by atoms with Gasteiger partial charge in [0.2, 0.25) is 6.79 Å². The Morgan fingerprint density at radius 3 is 2.83 bits per heavy atom. The second-order valence-corrected chi connectivity index (χ2v) is 8.31. The zero-order valence-electron chi connectivity index (χ0n) is 15.9. The van der Waals surface area contributed by atoms with Crippen LogP contribution in [0.1, 0.15) is 12.8 Å². The second kappa shape index (κ2) is 7.79. The molecule has 150 valence electrons. The number of fused-ring (bicyclic) bond motifs is 2. The molecule has 8 heteroatoms. The third kappa shape index (κ3) is 3.93. The summed E-state index contributed by atoms with van der Waals surface area (Å²) in [6.45, 7) is 2.83. The van der Waals surface area contributed by atoms with Gasteiger partial charge in [-0.15, -0.1) is 0 Å². The van der Waals surface area contributed by atoms with Gasteiger partial charge in [0.1, 0.15) is 0 Å². The van der Waals surface area contributed by atoms with Crippen LogP contribution in [0.5, 0.6) is 11.5 Å². The number of piperidine rings is 1. The number of aromatic nitrogens is 1. The summed E-state index contributed by atoms with van der Waals surface area (Å²) in [4.78, 5) is 19.3. The summed E-state index contributed by atoms with van der Waals surface area (Å²) in [7, 11) is 0. The van der Waals surface area contributed by atoms with Crippen molar-refractivity contribution in [3.8, 4) is 11.5 Å². The summed E-state index contributed by atoms with van der Waals surface area (Å²) in [6.07, 6.45) is 2.08. The molecule has 7 nitrogen and oxygen atoms in total. The van der Waals surface area contributed by atoms with Crippen LogP contribution in [0.4, 0.5) is 15.6 Å². The van der Waals surface area contributed by atoms with Gasteiger partial charge in [-0.05, 0) is 43.0 Å². The van der Waals surface area contributed by atoms with E-state index in [0.717, 1.165) is 36.6 Å². The number of hydrogen-bond acceptors (Lipinski definition) is 6. The first-order valence-corrected chi connectivity index (χ1v) is 10.6. The quantitative estimate of drug-likeness (QED) is 0.678. The minimum absolute atomic E-state index is 0.197. The van der Waals surface area contributed by atoms with Gasteiger partial charge >= 0.3 is 6.03 Å². The largest absolute Gasteiger partial charge is 0.454 e. The summed E-state index contributed by atoms with van der Waals surface area (Å²) in [6, 6.07) is 13.4. The molecule has 5 rings (SSSR count). The SMILES string of the molecule is O=C(NCC1CCN(c2nc3ccccc3s2)CC1)Nc1ccc2c(c1)OCO2. The van der Waals surface area contributed by atoms with Gasteiger partial charge in [-0.2, -0.15) is 0 Å². The van der Waals surface area contributed by atoms with Crippen molar-refractivity contribution in [1.29, 1.82) is 0 Å². The number of anilines is 2. The van der Waals surface area contributed by atoms with E-state index >= 15 is 0 Å². The van der Waals surface area contributed by atoms with Gasteiger partial charge in [-0.25, -0.2) is 9.78 Å². The first-order valence-electron chi connectivity index (χ1n) is 9.79. The van der Waals surface area contributed by atoms with E-state index in [-0.39, 0.29) is 12.8 Å². The number of carbonyl (C=O) groups excluding carboxylic acids is 1. The van der Waals surface area contributed by atoms with Gasteiger partial charge in [0, 0.05) is 31.4 Å². The van der Waals surface area contributed by atoms with Gasteiger partial charge in [0.25, 0.3) is 0 Å². The number of amides is 2. The van der Waals surface area contributed by atoms with E-state index in [0.29, 0.717) is 29.6 Å². The number of benzene rings is 2. The number of thiazole rings is 1. The maximum atomic E-state index is 12.2. The standard InChI is InChI=1S/C21H22N4O3S/c26-20(23-15-5-6-17-18(11-15)28-13-27-17)22-12-14-7-9-25(10-8-14)21-24-16-3-1-2-4-19(16)29-21/h1-6,11,14H,7-10,12-13H2,(H2,22,23,26). The molecular formula is C21H22N4O3S. The van der Waals surface area contributed by atoms with Crippen LogP contribution in [0.25, 0.3) is 10.2 Å². The second-order valence-electron chi connectivity index (χ2n) is 7.30. The lowest BCUT2D eigenvalue weighted by atomic mass is 9.97. The molecule has 1 saturated heterocycles. The van der Waals surface area contributed by atoms with Crippen molar-refractivity contribution in [1.82, 2.24) is 10.3 Å². The topological polar surface area (TPSA) is 75.7 Å². The molecule has 3 aromatic rings. The Morgan fingerprint density at radius 1 is 1.14 bits per heavy atom. The van der Waals surface area contributed by atoms with Crippen molar-refractivity contribution in [2.75, 3.05) is 36.6 Å². The van der Waals surface area contributed by atoms with Crippen LogP contribution in [-0.4, -0.2) is 37.4 Å². The monoisotopic (exact) mass is 410 g/mol. The number of carbonyl (C=O) groups is 1. The first-order chi connectivity index (χ1) is 14.2. The number of para-hydroxylation sites is 1. The highest BCUT2D eigenvalue weighted by Gasteiger charge is 2.22. The molecular weight excluding hydrogens is 388 g/mol. The number of nitrogens with one attached hydrogen (secondary N) is 2. The number of urea groups is 1. The van der Waals surface area contributed by atoms with Gasteiger partial charge in [-0.1, -0.05) is 23.5 Å². The number of rotatable bonds is 4. The molecule has 2 aromatic carbocycles. The summed E-state index contributed by atoms with van der Waals surface area (Å²) in [5.41, 5.74) is 1.76. The molecule has 2 aliphatic rings. The fourth-order valence-corrected chi connectivity index (χ4v) is 4.73. The average molecular weight is 410 g/mol. The van der Waals surface area contributed by atoms with E-state index in [4.69, 9.17) is 14.5 Å². The van der Waals surface area contributed by atoms with Crippen molar-refractivity contribution in [2.45, 2.75) is 12.8 Å². The lowest BCUT2D eigenvalue weighted by Gasteiger charge is -2.31. The van der Waals surface area contributed by atoms with Crippen LogP contribution in [0.15, 0.2) is 42.5 Å². The molecule has 0 atom stereocenters. The van der Waals surface area contributed by atoms with Crippen molar-refractivity contribution in [2.24, 2.45) is 5.92 Å². The minimum atomic E-state index is -0.197. The minimum Gasteiger partial charge on any atom is -0.454 e. The fraction of sp³-hybridized carbons (Fsp3) is 0.333. The van der Waals surface area contributed by atoms with E-state index in [2.05, 4.69) is 33.7 Å². The molecule has 29 heavy (non-hydrogen) atoms. The molecule has 0 aliphatic carbocycles. The molecule has 2 N–H and O–H groups in total. The average Bonchev–Trinajstić information content (AvgIpc) is 3.39. The normalized spacial score (nSPS) is 16.2. The molecule has 2 amide bonds. The van der Waals surface area contributed by atoms with Crippen LogP contribution < -0.4 is 25.0 Å². The van der Waals surface area contributed by atoms with Gasteiger partial charge in [-0.3, -0.25) is 0 Å². The molecule has 1 aromatic heterocycles.